The Bertz CT molecular complexity index is 271. The number of nitrogens with zero attached hydrogens (tertiary/aromatic N) is 1. The molecule has 0 aliphatic carbocycles. The van der Waals surface area contributed by atoms with Crippen molar-refractivity contribution < 1.29 is 9.90 Å². The number of rotatable bonds is 14. The minimum absolute atomic E-state index is 0.503. The molecule has 0 bridgehead atoms. The molecule has 0 spiro atoms. The van der Waals surface area contributed by atoms with Gasteiger partial charge in [0, 0.05) is 0 Å². The molecule has 3 heteroatoms. The molecular formula is C17H31NO2. The minimum Gasteiger partial charge on any atom is -0.480 e. The molecule has 0 rings (SSSR count). The topological polar surface area (TPSA) is 61.1 Å². The average Bonchev–Trinajstić information content (AvgIpc) is 2.43. The van der Waals surface area contributed by atoms with E-state index in [1.807, 2.05) is 6.07 Å². The van der Waals surface area contributed by atoms with Crippen LogP contribution in [0.4, 0.5) is 0 Å². The highest BCUT2D eigenvalue weighted by atomic mass is 16.4. The largest absolute Gasteiger partial charge is 0.480 e. The lowest BCUT2D eigenvalue weighted by atomic mass is 10.0. The average molecular weight is 281 g/mol. The van der Waals surface area contributed by atoms with Crippen LogP contribution in [0.1, 0.15) is 90.4 Å². The number of unbranched alkanes of at least 4 members (excludes halogenated alkanes) is 11. The molecule has 0 saturated carbocycles. The number of hydrogen-bond acceptors (Lipinski definition) is 2. The summed E-state index contributed by atoms with van der Waals surface area (Å²) in [6.45, 7) is 2.25. The zero-order valence-corrected chi connectivity index (χ0v) is 13.1. The van der Waals surface area contributed by atoms with Gasteiger partial charge in [0.1, 0.15) is 5.92 Å². The molecule has 0 aromatic heterocycles. The maximum Gasteiger partial charge on any atom is 0.320 e. The van der Waals surface area contributed by atoms with Crippen molar-refractivity contribution >= 4 is 5.97 Å². The van der Waals surface area contributed by atoms with Gasteiger partial charge >= 0.3 is 5.97 Å². The number of nitriles is 1. The molecule has 0 aromatic carbocycles. The van der Waals surface area contributed by atoms with Gasteiger partial charge in [0.2, 0.25) is 0 Å². The molecule has 0 aromatic rings. The van der Waals surface area contributed by atoms with E-state index in [2.05, 4.69) is 6.92 Å². The van der Waals surface area contributed by atoms with E-state index < -0.39 is 11.9 Å². The summed E-state index contributed by atoms with van der Waals surface area (Å²) in [4.78, 5) is 10.6. The van der Waals surface area contributed by atoms with Gasteiger partial charge in [-0.3, -0.25) is 4.79 Å². The van der Waals surface area contributed by atoms with Crippen LogP contribution in [-0.4, -0.2) is 11.1 Å². The molecule has 0 radical (unpaired) electrons. The molecule has 3 nitrogen and oxygen atoms in total. The molecule has 0 amide bonds. The van der Waals surface area contributed by atoms with E-state index in [-0.39, 0.29) is 0 Å². The van der Waals surface area contributed by atoms with Gasteiger partial charge in [-0.25, -0.2) is 0 Å². The molecule has 0 fully saturated rings. The first-order valence-corrected chi connectivity index (χ1v) is 8.34. The first kappa shape index (κ1) is 19.0. The van der Waals surface area contributed by atoms with Gasteiger partial charge in [0.25, 0.3) is 0 Å². The zero-order valence-electron chi connectivity index (χ0n) is 13.1. The SMILES string of the molecule is CCCCCCCCCCCCCCC(C#N)C(=O)O. The lowest BCUT2D eigenvalue weighted by molar-refractivity contribution is -0.140. The Balaban J connectivity index is 3.17. The molecule has 0 aliphatic rings. The second-order valence-electron chi connectivity index (χ2n) is 5.70. The second-order valence-corrected chi connectivity index (χ2v) is 5.70. The van der Waals surface area contributed by atoms with Gasteiger partial charge < -0.3 is 5.11 Å². The maximum atomic E-state index is 10.6. The Labute approximate surface area is 124 Å². The molecule has 20 heavy (non-hydrogen) atoms. The van der Waals surface area contributed by atoms with Crippen molar-refractivity contribution in [1.82, 2.24) is 0 Å². The Kier molecular flexibility index (Phi) is 13.6. The van der Waals surface area contributed by atoms with Crippen LogP contribution >= 0.6 is 0 Å². The zero-order chi connectivity index (χ0) is 15.1. The fourth-order valence-corrected chi connectivity index (χ4v) is 2.43. The Hall–Kier alpha value is -1.04. The van der Waals surface area contributed by atoms with Crippen molar-refractivity contribution in [3.05, 3.63) is 0 Å². The smallest absolute Gasteiger partial charge is 0.320 e. The van der Waals surface area contributed by atoms with Crippen LogP contribution in [0, 0.1) is 17.2 Å². The standard InChI is InChI=1S/C17H31NO2/c1-2-3-4-5-6-7-8-9-10-11-12-13-14-16(15-18)17(19)20/h16H,2-14H2,1H3,(H,19,20). The summed E-state index contributed by atoms with van der Waals surface area (Å²) in [6.07, 6.45) is 15.7. The highest BCUT2D eigenvalue weighted by Gasteiger charge is 2.14. The van der Waals surface area contributed by atoms with Crippen LogP contribution in [-0.2, 0) is 4.79 Å². The molecule has 1 unspecified atom stereocenters. The highest BCUT2D eigenvalue weighted by Crippen LogP contribution is 2.14. The van der Waals surface area contributed by atoms with Crippen molar-refractivity contribution in [1.29, 1.82) is 5.26 Å². The third kappa shape index (κ3) is 12.0. The van der Waals surface area contributed by atoms with Crippen molar-refractivity contribution in [2.24, 2.45) is 5.92 Å². The van der Waals surface area contributed by atoms with Gasteiger partial charge in [0.15, 0.2) is 0 Å². The molecular weight excluding hydrogens is 250 g/mol. The van der Waals surface area contributed by atoms with Crippen molar-refractivity contribution in [3.63, 3.8) is 0 Å². The van der Waals surface area contributed by atoms with Crippen molar-refractivity contribution in [2.75, 3.05) is 0 Å². The molecule has 1 N–H and O–H groups in total. The van der Waals surface area contributed by atoms with E-state index >= 15 is 0 Å². The van der Waals surface area contributed by atoms with Gasteiger partial charge in [-0.1, -0.05) is 84.0 Å². The predicted molar refractivity (Wildman–Crippen MR) is 82.4 cm³/mol. The Morgan fingerprint density at radius 3 is 1.65 bits per heavy atom. The lowest BCUT2D eigenvalue weighted by Crippen LogP contribution is -2.10. The van der Waals surface area contributed by atoms with Crippen LogP contribution < -0.4 is 0 Å². The fourth-order valence-electron chi connectivity index (χ4n) is 2.43. The van der Waals surface area contributed by atoms with Crippen molar-refractivity contribution in [2.45, 2.75) is 90.4 Å². The minimum atomic E-state index is -0.976. The number of carboxylic acid groups (broad SMARTS) is 1. The van der Waals surface area contributed by atoms with Crippen LogP contribution in [0.2, 0.25) is 0 Å². The maximum absolute atomic E-state index is 10.6. The summed E-state index contributed by atoms with van der Waals surface area (Å²) in [6, 6.07) is 1.84. The molecule has 0 heterocycles. The molecule has 0 saturated heterocycles. The first-order valence-electron chi connectivity index (χ1n) is 8.34. The van der Waals surface area contributed by atoms with E-state index in [9.17, 15) is 4.79 Å². The monoisotopic (exact) mass is 281 g/mol. The summed E-state index contributed by atoms with van der Waals surface area (Å²) >= 11 is 0. The predicted octanol–water partition coefficient (Wildman–Crippen LogP) is 5.30. The Morgan fingerprint density at radius 2 is 1.30 bits per heavy atom. The van der Waals surface area contributed by atoms with Gasteiger partial charge in [-0.15, -0.1) is 0 Å². The lowest BCUT2D eigenvalue weighted by Gasteiger charge is -2.04. The number of hydrogen-bond donors (Lipinski definition) is 1. The van der Waals surface area contributed by atoms with E-state index in [0.29, 0.717) is 6.42 Å². The van der Waals surface area contributed by atoms with Crippen LogP contribution in [0.25, 0.3) is 0 Å². The van der Waals surface area contributed by atoms with Crippen LogP contribution in [0.3, 0.4) is 0 Å². The summed E-state index contributed by atoms with van der Waals surface area (Å²) in [7, 11) is 0. The molecule has 0 aliphatic heterocycles. The van der Waals surface area contributed by atoms with Crippen LogP contribution in [0.5, 0.6) is 0 Å². The summed E-state index contributed by atoms with van der Waals surface area (Å²) in [5.74, 6) is -1.78. The number of carboxylic acids is 1. The van der Waals surface area contributed by atoms with E-state index in [1.165, 1.54) is 64.2 Å². The highest BCUT2D eigenvalue weighted by molar-refractivity contribution is 5.72. The number of aliphatic carboxylic acids is 1. The number of carbonyl (C=O) groups is 1. The summed E-state index contributed by atoms with van der Waals surface area (Å²) < 4.78 is 0. The Morgan fingerprint density at radius 1 is 0.900 bits per heavy atom. The molecule has 116 valence electrons. The quantitative estimate of drug-likeness (QED) is 0.439. The van der Waals surface area contributed by atoms with E-state index in [0.717, 1.165) is 12.8 Å². The second kappa shape index (κ2) is 14.4. The van der Waals surface area contributed by atoms with Gasteiger partial charge in [-0.05, 0) is 6.42 Å². The van der Waals surface area contributed by atoms with Gasteiger partial charge in [0.05, 0.1) is 6.07 Å². The first-order chi connectivity index (χ1) is 9.72. The van der Waals surface area contributed by atoms with Crippen LogP contribution in [0.15, 0.2) is 0 Å². The molecule has 1 atom stereocenters. The van der Waals surface area contributed by atoms with E-state index in [4.69, 9.17) is 10.4 Å². The third-order valence-electron chi connectivity index (χ3n) is 3.80. The fraction of sp³-hybridized carbons (Fsp3) is 0.882. The normalized spacial score (nSPS) is 12.0. The van der Waals surface area contributed by atoms with E-state index in [1.54, 1.807) is 0 Å². The van der Waals surface area contributed by atoms with Gasteiger partial charge in [-0.2, -0.15) is 5.26 Å². The summed E-state index contributed by atoms with van der Waals surface area (Å²) in [5.41, 5.74) is 0. The summed E-state index contributed by atoms with van der Waals surface area (Å²) in [5, 5.41) is 17.4. The van der Waals surface area contributed by atoms with Crippen molar-refractivity contribution in [3.8, 4) is 6.07 Å². The third-order valence-corrected chi connectivity index (χ3v) is 3.80.